The van der Waals surface area contributed by atoms with Crippen LogP contribution in [0.1, 0.15) is 15.9 Å². The van der Waals surface area contributed by atoms with Crippen LogP contribution in [0.4, 0.5) is 13.2 Å². The van der Waals surface area contributed by atoms with Gasteiger partial charge >= 0.3 is 0 Å². The second-order valence-corrected chi connectivity index (χ2v) is 5.86. The Hall–Kier alpha value is -2.86. The van der Waals surface area contributed by atoms with Gasteiger partial charge in [0.1, 0.15) is 18.2 Å². The van der Waals surface area contributed by atoms with E-state index in [2.05, 4.69) is 6.58 Å². The maximum atomic E-state index is 14.2. The molecule has 0 aromatic heterocycles. The van der Waals surface area contributed by atoms with Gasteiger partial charge in [0, 0.05) is 18.7 Å². The third-order valence-corrected chi connectivity index (χ3v) is 3.74. The molecule has 2 rings (SSSR count). The van der Waals surface area contributed by atoms with E-state index in [1.54, 1.807) is 12.2 Å². The summed E-state index contributed by atoms with van der Waals surface area (Å²) < 4.78 is 46.9. The van der Waals surface area contributed by atoms with E-state index in [9.17, 15) is 18.0 Å². The number of likely N-dealkylation sites (N-methyl/N-ethyl adjacent to an activating group) is 1. The molecule has 0 atom stereocenters. The molecule has 0 fully saturated rings. The minimum Gasteiger partial charge on any atom is -0.486 e. The molecule has 0 aliphatic carbocycles. The number of hydrogen-bond acceptors (Lipinski definition) is 3. The Morgan fingerprint density at radius 2 is 1.78 bits per heavy atom. The summed E-state index contributed by atoms with van der Waals surface area (Å²) in [6, 6.07) is 6.55. The molecule has 0 aliphatic heterocycles. The standard InChI is InChI=1S/C21H20F3NO2/c1-3-11-25(2)12-4-5-13-27-19-10-9-15(14-18(19)24)21(26)20-16(22)7-6-8-17(20)23/h3-10,14H,1,11-13H2,2H3. The molecule has 0 saturated heterocycles. The van der Waals surface area contributed by atoms with E-state index in [-0.39, 0.29) is 17.9 Å². The molecule has 2 aromatic carbocycles. The van der Waals surface area contributed by atoms with Gasteiger partial charge in [0.15, 0.2) is 17.3 Å². The van der Waals surface area contributed by atoms with Gasteiger partial charge in [0.25, 0.3) is 0 Å². The van der Waals surface area contributed by atoms with Gasteiger partial charge in [-0.05, 0) is 37.4 Å². The average molecular weight is 375 g/mol. The fourth-order valence-corrected chi connectivity index (χ4v) is 2.37. The Morgan fingerprint density at radius 1 is 1.07 bits per heavy atom. The lowest BCUT2D eigenvalue weighted by atomic mass is 10.0. The number of ketones is 1. The maximum Gasteiger partial charge on any atom is 0.199 e. The zero-order valence-electron chi connectivity index (χ0n) is 14.9. The fraction of sp³-hybridized carbons (Fsp3) is 0.190. The molecule has 0 bridgehead atoms. The van der Waals surface area contributed by atoms with Gasteiger partial charge in [-0.15, -0.1) is 6.58 Å². The predicted molar refractivity (Wildman–Crippen MR) is 98.5 cm³/mol. The fourth-order valence-electron chi connectivity index (χ4n) is 2.37. The van der Waals surface area contributed by atoms with Crippen molar-refractivity contribution in [3.05, 3.63) is 89.8 Å². The van der Waals surface area contributed by atoms with Crippen LogP contribution in [0.15, 0.2) is 61.2 Å². The number of ether oxygens (including phenoxy) is 1. The van der Waals surface area contributed by atoms with Crippen molar-refractivity contribution in [2.45, 2.75) is 0 Å². The molecule has 0 heterocycles. The van der Waals surface area contributed by atoms with Crippen molar-refractivity contribution in [3.8, 4) is 5.75 Å². The molecule has 0 spiro atoms. The first-order chi connectivity index (χ1) is 12.9. The summed E-state index contributed by atoms with van der Waals surface area (Å²) in [5.74, 6) is -3.75. The zero-order valence-corrected chi connectivity index (χ0v) is 14.9. The van der Waals surface area contributed by atoms with Gasteiger partial charge in [-0.1, -0.05) is 24.3 Å². The molecule has 3 nitrogen and oxygen atoms in total. The average Bonchev–Trinajstić information content (AvgIpc) is 2.62. The largest absolute Gasteiger partial charge is 0.486 e. The van der Waals surface area contributed by atoms with Crippen LogP contribution < -0.4 is 4.74 Å². The number of nitrogens with zero attached hydrogens (tertiary/aromatic N) is 1. The Balaban J connectivity index is 2.02. The van der Waals surface area contributed by atoms with Crippen LogP contribution in [0.5, 0.6) is 5.75 Å². The van der Waals surface area contributed by atoms with E-state index in [1.807, 2.05) is 18.0 Å². The smallest absolute Gasteiger partial charge is 0.199 e. The second kappa shape index (κ2) is 9.73. The highest BCUT2D eigenvalue weighted by Gasteiger charge is 2.20. The van der Waals surface area contributed by atoms with Gasteiger partial charge in [-0.2, -0.15) is 0 Å². The van der Waals surface area contributed by atoms with Crippen molar-refractivity contribution < 1.29 is 22.7 Å². The zero-order chi connectivity index (χ0) is 19.8. The SMILES string of the molecule is C=CCN(C)CC=CCOc1ccc(C(=O)c2c(F)cccc2F)cc1F. The Bertz CT molecular complexity index is 829. The van der Waals surface area contributed by atoms with Crippen molar-refractivity contribution >= 4 is 5.78 Å². The molecular formula is C21H20F3NO2. The highest BCUT2D eigenvalue weighted by molar-refractivity contribution is 6.09. The first-order valence-corrected chi connectivity index (χ1v) is 8.29. The highest BCUT2D eigenvalue weighted by Crippen LogP contribution is 2.22. The number of hydrogen-bond donors (Lipinski definition) is 0. The lowest BCUT2D eigenvalue weighted by Crippen LogP contribution is -2.17. The van der Waals surface area contributed by atoms with Crippen LogP contribution in [-0.2, 0) is 0 Å². The molecule has 27 heavy (non-hydrogen) atoms. The van der Waals surface area contributed by atoms with Crippen LogP contribution in [0.3, 0.4) is 0 Å². The van der Waals surface area contributed by atoms with E-state index in [0.717, 1.165) is 30.8 Å². The summed E-state index contributed by atoms with van der Waals surface area (Å²) in [5.41, 5.74) is -0.873. The summed E-state index contributed by atoms with van der Waals surface area (Å²) in [5, 5.41) is 0. The molecule has 0 unspecified atom stereocenters. The highest BCUT2D eigenvalue weighted by atomic mass is 19.1. The van der Waals surface area contributed by atoms with Crippen LogP contribution in [0.25, 0.3) is 0 Å². The first-order valence-electron chi connectivity index (χ1n) is 8.29. The Morgan fingerprint density at radius 3 is 2.41 bits per heavy atom. The van der Waals surface area contributed by atoms with Crippen LogP contribution in [-0.4, -0.2) is 37.4 Å². The molecule has 0 amide bonds. The minimum absolute atomic E-state index is 0.0512. The minimum atomic E-state index is -0.993. The van der Waals surface area contributed by atoms with Crippen molar-refractivity contribution in [2.75, 3.05) is 26.7 Å². The summed E-state index contributed by atoms with van der Waals surface area (Å²) >= 11 is 0. The van der Waals surface area contributed by atoms with Gasteiger partial charge in [0.2, 0.25) is 0 Å². The molecule has 0 N–H and O–H groups in total. The monoisotopic (exact) mass is 375 g/mol. The molecule has 0 saturated carbocycles. The topological polar surface area (TPSA) is 29.5 Å². The van der Waals surface area contributed by atoms with Gasteiger partial charge < -0.3 is 4.74 Å². The molecule has 2 aromatic rings. The number of halogens is 3. The van der Waals surface area contributed by atoms with Gasteiger partial charge in [-0.3, -0.25) is 9.69 Å². The molecular weight excluding hydrogens is 355 g/mol. The molecule has 6 heteroatoms. The van der Waals surface area contributed by atoms with E-state index >= 15 is 0 Å². The third kappa shape index (κ3) is 5.56. The van der Waals surface area contributed by atoms with Crippen LogP contribution in [0.2, 0.25) is 0 Å². The van der Waals surface area contributed by atoms with Gasteiger partial charge in [-0.25, -0.2) is 13.2 Å². The summed E-state index contributed by atoms with van der Waals surface area (Å²) in [4.78, 5) is 14.3. The van der Waals surface area contributed by atoms with E-state index in [1.165, 1.54) is 12.1 Å². The predicted octanol–water partition coefficient (Wildman–Crippen LogP) is 4.39. The van der Waals surface area contributed by atoms with Crippen molar-refractivity contribution in [3.63, 3.8) is 0 Å². The summed E-state index contributed by atoms with van der Waals surface area (Å²) in [6.45, 7) is 5.23. The summed E-state index contributed by atoms with van der Waals surface area (Å²) in [6.07, 6.45) is 5.41. The van der Waals surface area contributed by atoms with Crippen LogP contribution in [0, 0.1) is 17.5 Å². The van der Waals surface area contributed by atoms with Crippen molar-refractivity contribution in [1.29, 1.82) is 0 Å². The quantitative estimate of drug-likeness (QED) is 0.481. The maximum absolute atomic E-state index is 14.2. The van der Waals surface area contributed by atoms with E-state index in [0.29, 0.717) is 6.54 Å². The molecule has 0 radical (unpaired) electrons. The van der Waals surface area contributed by atoms with E-state index < -0.39 is 28.8 Å². The van der Waals surface area contributed by atoms with E-state index in [4.69, 9.17) is 4.74 Å². The lowest BCUT2D eigenvalue weighted by Gasteiger charge is -2.10. The third-order valence-electron chi connectivity index (χ3n) is 3.74. The van der Waals surface area contributed by atoms with Crippen molar-refractivity contribution in [1.82, 2.24) is 4.90 Å². The summed E-state index contributed by atoms with van der Waals surface area (Å²) in [7, 11) is 1.93. The lowest BCUT2D eigenvalue weighted by molar-refractivity contribution is 0.103. The van der Waals surface area contributed by atoms with Crippen molar-refractivity contribution in [2.24, 2.45) is 0 Å². The van der Waals surface area contributed by atoms with Crippen LogP contribution >= 0.6 is 0 Å². The molecule has 142 valence electrons. The molecule has 0 aliphatic rings. The number of rotatable bonds is 9. The first kappa shape index (κ1) is 20.5. The second-order valence-electron chi connectivity index (χ2n) is 5.86. The normalized spacial score (nSPS) is 11.1. The Kier molecular flexibility index (Phi) is 7.37. The number of benzene rings is 2. The van der Waals surface area contributed by atoms with Gasteiger partial charge in [0.05, 0.1) is 5.56 Å². The number of carbonyl (C=O) groups excluding carboxylic acids is 1. The number of carbonyl (C=O) groups is 1. The Labute approximate surface area is 156 Å².